The van der Waals surface area contributed by atoms with Gasteiger partial charge in [0, 0.05) is 49.5 Å². The van der Waals surface area contributed by atoms with Crippen molar-refractivity contribution in [1.29, 1.82) is 0 Å². The van der Waals surface area contributed by atoms with Crippen LogP contribution in [0.1, 0.15) is 61.9 Å². The van der Waals surface area contributed by atoms with Gasteiger partial charge in [-0.05, 0) is 73.8 Å². The number of Topliss-reactive ketones (excluding diaryl/α,β-unsaturated/α-hetero) is 1. The molecule has 51 heavy (non-hydrogen) atoms. The fourth-order valence-corrected chi connectivity index (χ4v) is 9.67. The van der Waals surface area contributed by atoms with Crippen LogP contribution < -0.4 is 0 Å². The summed E-state index contributed by atoms with van der Waals surface area (Å²) in [6, 6.07) is 6.17. The van der Waals surface area contributed by atoms with Crippen LogP contribution in [0.15, 0.2) is 48.1 Å². The van der Waals surface area contributed by atoms with Crippen LogP contribution in [0.25, 0.3) is 0 Å². The van der Waals surface area contributed by atoms with Crippen molar-refractivity contribution in [2.45, 2.75) is 64.3 Å². The molecule has 4 fully saturated rings. The first kappa shape index (κ1) is 36.8. The normalized spacial score (nSPS) is 33.3. The zero-order chi connectivity index (χ0) is 36.6. The standard InChI is InChI=1S/C37H47N3O11/c1-35-11-9-27(41)19-26(35)7-8-28-29-10-12-37(46,36(29,2)20-30(42)33(28)35)31(43)23-50-32(44)21-39-15-13-38(14-16-39)17-18-49-34(45)25-5-3-24(4-6-25)22-51-40(47)48/h3-6,9,11,19,28-30,33,42,46H,7-8,10,12-18,20-23H2,1-2H3/t28-,29-,30?,33+,35-,36-,37-/m0/s1. The summed E-state index contributed by atoms with van der Waals surface area (Å²) in [6.07, 6.45) is 7.11. The van der Waals surface area contributed by atoms with E-state index in [1.807, 2.05) is 17.9 Å². The molecule has 1 heterocycles. The second-order valence-corrected chi connectivity index (χ2v) is 15.1. The number of piperazine rings is 1. The Labute approximate surface area is 296 Å². The zero-order valence-corrected chi connectivity index (χ0v) is 29.2. The molecule has 7 atom stereocenters. The van der Waals surface area contributed by atoms with Crippen molar-refractivity contribution in [3.63, 3.8) is 0 Å². The van der Waals surface area contributed by atoms with E-state index in [1.165, 1.54) is 12.1 Å². The number of ether oxygens (including phenoxy) is 2. The molecule has 2 N–H and O–H groups in total. The highest BCUT2D eigenvalue weighted by Crippen LogP contribution is 2.67. The number of fused-ring (bicyclic) bond motifs is 5. The summed E-state index contributed by atoms with van der Waals surface area (Å²) in [5, 5.41) is 33.0. The van der Waals surface area contributed by atoms with Gasteiger partial charge in [0.05, 0.1) is 18.2 Å². The number of hydrogen-bond acceptors (Lipinski definition) is 13. The molecule has 14 heteroatoms. The largest absolute Gasteiger partial charge is 0.461 e. The van der Waals surface area contributed by atoms with E-state index in [1.54, 1.807) is 24.3 Å². The Balaban J connectivity index is 0.929. The van der Waals surface area contributed by atoms with Gasteiger partial charge in [-0.3, -0.25) is 24.2 Å². The summed E-state index contributed by atoms with van der Waals surface area (Å²) in [5.74, 6) is -1.63. The number of allylic oxidation sites excluding steroid dienone is 4. The molecule has 6 rings (SSSR count). The van der Waals surface area contributed by atoms with Crippen LogP contribution in [0.5, 0.6) is 0 Å². The second kappa shape index (κ2) is 14.6. The van der Waals surface area contributed by atoms with Gasteiger partial charge in [-0.15, -0.1) is 10.1 Å². The SMILES string of the molecule is C[C@]12C=CC(=O)C=C1CC[C@@H]1[C@@H]2C(O)C[C@@]2(C)[C@H]1CC[C@]2(O)C(=O)COC(=O)CN1CCN(CCOC(=O)c2ccc(CO[N+](=O)[O-])cc2)CC1. The molecule has 1 aromatic carbocycles. The highest BCUT2D eigenvalue weighted by atomic mass is 16.9. The van der Waals surface area contributed by atoms with Crippen molar-refractivity contribution >= 4 is 23.5 Å². The minimum Gasteiger partial charge on any atom is -0.461 e. The highest BCUT2D eigenvalue weighted by molar-refractivity contribution is 6.01. The van der Waals surface area contributed by atoms with E-state index in [4.69, 9.17) is 9.47 Å². The van der Waals surface area contributed by atoms with Gasteiger partial charge in [-0.2, -0.15) is 0 Å². The number of benzene rings is 1. The molecule has 0 bridgehead atoms. The van der Waals surface area contributed by atoms with Gasteiger partial charge in [0.2, 0.25) is 5.78 Å². The first-order valence-corrected chi connectivity index (χ1v) is 17.8. The Morgan fingerprint density at radius 2 is 1.75 bits per heavy atom. The molecule has 5 aliphatic rings. The van der Waals surface area contributed by atoms with Crippen LogP contribution in [0.3, 0.4) is 0 Å². The van der Waals surface area contributed by atoms with Crippen molar-refractivity contribution in [2.75, 3.05) is 52.5 Å². The smallest absolute Gasteiger partial charge is 0.338 e. The first-order valence-electron chi connectivity index (χ1n) is 17.8. The molecule has 0 aromatic heterocycles. The fraction of sp³-hybridized carbons (Fsp3) is 0.622. The zero-order valence-electron chi connectivity index (χ0n) is 29.2. The van der Waals surface area contributed by atoms with Crippen molar-refractivity contribution in [2.24, 2.45) is 28.6 Å². The molecule has 14 nitrogen and oxygen atoms in total. The summed E-state index contributed by atoms with van der Waals surface area (Å²) < 4.78 is 10.8. The van der Waals surface area contributed by atoms with Crippen LogP contribution in [0, 0.1) is 38.7 Å². The van der Waals surface area contributed by atoms with Crippen LogP contribution in [-0.4, -0.2) is 113 Å². The summed E-state index contributed by atoms with van der Waals surface area (Å²) in [7, 11) is 0. The van der Waals surface area contributed by atoms with E-state index in [2.05, 4.69) is 16.7 Å². The molecule has 276 valence electrons. The summed E-state index contributed by atoms with van der Waals surface area (Å²) in [5.41, 5.74) is -1.10. The number of carbonyl (C=O) groups is 4. The molecule has 3 saturated carbocycles. The Bertz CT molecular complexity index is 1600. The minimum atomic E-state index is -1.72. The number of hydrogen-bond donors (Lipinski definition) is 2. The minimum absolute atomic E-state index is 0.00402. The Morgan fingerprint density at radius 3 is 2.45 bits per heavy atom. The van der Waals surface area contributed by atoms with Crippen molar-refractivity contribution in [3.05, 3.63) is 69.3 Å². The molecule has 1 unspecified atom stereocenters. The third-order valence-electron chi connectivity index (χ3n) is 12.5. The van der Waals surface area contributed by atoms with Gasteiger partial charge in [0.1, 0.15) is 18.8 Å². The second-order valence-electron chi connectivity index (χ2n) is 15.1. The average Bonchev–Trinajstić information content (AvgIpc) is 3.37. The number of aliphatic hydroxyl groups is 2. The molecule has 1 aromatic rings. The molecule has 0 amide bonds. The van der Waals surface area contributed by atoms with Gasteiger partial charge in [-0.25, -0.2) is 4.79 Å². The van der Waals surface area contributed by atoms with Gasteiger partial charge in [0.25, 0.3) is 5.09 Å². The van der Waals surface area contributed by atoms with E-state index >= 15 is 0 Å². The maximum atomic E-state index is 13.6. The molecule has 4 aliphatic carbocycles. The third-order valence-corrected chi connectivity index (χ3v) is 12.5. The number of aliphatic hydroxyl groups excluding tert-OH is 1. The average molecular weight is 710 g/mol. The van der Waals surface area contributed by atoms with Crippen molar-refractivity contribution in [1.82, 2.24) is 9.80 Å². The summed E-state index contributed by atoms with van der Waals surface area (Å²) >= 11 is 0. The van der Waals surface area contributed by atoms with Crippen LogP contribution in [-0.2, 0) is 35.3 Å². The van der Waals surface area contributed by atoms with E-state index in [-0.39, 0.29) is 56.1 Å². The molecule has 1 aliphatic heterocycles. The Kier molecular flexibility index (Phi) is 10.5. The number of ketones is 2. The summed E-state index contributed by atoms with van der Waals surface area (Å²) in [6.45, 7) is 6.37. The van der Waals surface area contributed by atoms with E-state index in [0.717, 1.165) is 18.4 Å². The van der Waals surface area contributed by atoms with Gasteiger partial charge >= 0.3 is 11.9 Å². The van der Waals surface area contributed by atoms with Crippen LogP contribution in [0.2, 0.25) is 0 Å². The lowest BCUT2D eigenvalue weighted by molar-refractivity contribution is -0.763. The van der Waals surface area contributed by atoms with E-state index in [9.17, 15) is 39.5 Å². The molecular formula is C37H47N3O11. The van der Waals surface area contributed by atoms with Crippen LogP contribution >= 0.6 is 0 Å². The van der Waals surface area contributed by atoms with Crippen LogP contribution in [0.4, 0.5) is 0 Å². The number of rotatable bonds is 12. The Morgan fingerprint density at radius 1 is 1.04 bits per heavy atom. The van der Waals surface area contributed by atoms with Crippen molar-refractivity contribution < 1.29 is 48.8 Å². The fourth-order valence-electron chi connectivity index (χ4n) is 9.67. The van der Waals surface area contributed by atoms with Crippen molar-refractivity contribution in [3.8, 4) is 0 Å². The number of nitrogens with zero attached hydrogens (tertiary/aromatic N) is 3. The molecule has 0 spiro atoms. The van der Waals surface area contributed by atoms with Gasteiger partial charge < -0.3 is 24.5 Å². The lowest BCUT2D eigenvalue weighted by atomic mass is 9.46. The highest BCUT2D eigenvalue weighted by Gasteiger charge is 2.68. The Hall–Kier alpha value is -3.98. The first-order chi connectivity index (χ1) is 24.2. The molecule has 0 radical (unpaired) electrons. The topological polar surface area (TPSA) is 186 Å². The lowest BCUT2D eigenvalue weighted by Crippen LogP contribution is -2.61. The van der Waals surface area contributed by atoms with Gasteiger partial charge in [-0.1, -0.05) is 37.6 Å². The molecular weight excluding hydrogens is 662 g/mol. The maximum Gasteiger partial charge on any atom is 0.338 e. The maximum absolute atomic E-state index is 13.6. The predicted molar refractivity (Wildman–Crippen MR) is 180 cm³/mol. The predicted octanol–water partition coefficient (Wildman–Crippen LogP) is 2.29. The monoisotopic (exact) mass is 709 g/mol. The van der Waals surface area contributed by atoms with E-state index < -0.39 is 52.0 Å². The van der Waals surface area contributed by atoms with Gasteiger partial charge in [0.15, 0.2) is 12.4 Å². The number of esters is 2. The third kappa shape index (κ3) is 7.24. The summed E-state index contributed by atoms with van der Waals surface area (Å²) in [4.78, 5) is 69.6. The molecule has 1 saturated heterocycles. The quantitative estimate of drug-likeness (QED) is 0.183. The van der Waals surface area contributed by atoms with E-state index in [0.29, 0.717) is 50.3 Å². The lowest BCUT2D eigenvalue weighted by Gasteiger charge is -2.59. The number of carbonyl (C=O) groups excluding carboxylic acids is 4.